The van der Waals surface area contributed by atoms with Crippen LogP contribution in [0.4, 0.5) is 5.69 Å². The van der Waals surface area contributed by atoms with E-state index in [4.69, 9.17) is 4.74 Å². The van der Waals surface area contributed by atoms with Crippen LogP contribution < -0.4 is 5.32 Å². The van der Waals surface area contributed by atoms with Crippen molar-refractivity contribution in [3.63, 3.8) is 0 Å². The lowest BCUT2D eigenvalue weighted by Gasteiger charge is -2.60. The number of non-ortho nitro benzene ring substituents is 1. The summed E-state index contributed by atoms with van der Waals surface area (Å²) in [6.45, 7) is 1.65. The minimum Gasteiger partial charge on any atom is -0.460 e. The Morgan fingerprint density at radius 1 is 1.19 bits per heavy atom. The number of nitro benzene ring substituents is 1. The Morgan fingerprint density at radius 3 is 2.37 bits per heavy atom. The van der Waals surface area contributed by atoms with Crippen molar-refractivity contribution >= 4 is 17.6 Å². The largest absolute Gasteiger partial charge is 0.460 e. The molecule has 27 heavy (non-hydrogen) atoms. The minimum atomic E-state index is -0.507. The van der Waals surface area contributed by atoms with E-state index in [1.54, 1.807) is 12.1 Å². The molecule has 2 unspecified atom stereocenters. The van der Waals surface area contributed by atoms with Crippen LogP contribution in [0.3, 0.4) is 0 Å². The molecule has 4 aliphatic rings. The number of nitrogens with zero attached hydrogens (tertiary/aromatic N) is 1. The Balaban J connectivity index is 1.46. The summed E-state index contributed by atoms with van der Waals surface area (Å²) in [6.07, 6.45) is 5.39. The summed E-state index contributed by atoms with van der Waals surface area (Å²) in [5.74, 6) is 0.700. The van der Waals surface area contributed by atoms with Gasteiger partial charge >= 0.3 is 5.97 Å². The van der Waals surface area contributed by atoms with Crippen molar-refractivity contribution in [1.29, 1.82) is 0 Å². The third-order valence-corrected chi connectivity index (χ3v) is 6.45. The number of rotatable bonds is 5. The summed E-state index contributed by atoms with van der Waals surface area (Å²) < 4.78 is 5.64. The second-order valence-corrected chi connectivity index (χ2v) is 8.70. The van der Waals surface area contributed by atoms with Crippen LogP contribution in [0.5, 0.6) is 0 Å². The standard InChI is InChI=1S/C20H24N2O5/c1-13(23)21-20-9-15-6-16(10-20)8-19(7-15,12-20)18(24)27-11-14-2-4-17(5-3-14)22(25)26/h2-5,15-16H,6-12H2,1H3,(H,21,23). The van der Waals surface area contributed by atoms with Crippen molar-refractivity contribution < 1.29 is 19.2 Å². The lowest BCUT2D eigenvalue weighted by atomic mass is 9.47. The van der Waals surface area contributed by atoms with Gasteiger partial charge in [-0.3, -0.25) is 19.7 Å². The number of nitro groups is 1. The van der Waals surface area contributed by atoms with Crippen molar-refractivity contribution in [1.82, 2.24) is 5.32 Å². The predicted octanol–water partition coefficient (Wildman–Crippen LogP) is 3.11. The maximum atomic E-state index is 13.0. The lowest BCUT2D eigenvalue weighted by molar-refractivity contribution is -0.384. The second-order valence-electron chi connectivity index (χ2n) is 8.70. The van der Waals surface area contributed by atoms with Crippen molar-refractivity contribution in [2.45, 2.75) is 57.6 Å². The Hall–Kier alpha value is -2.44. The van der Waals surface area contributed by atoms with E-state index >= 15 is 0 Å². The summed E-state index contributed by atoms with van der Waals surface area (Å²) in [4.78, 5) is 35.0. The summed E-state index contributed by atoms with van der Waals surface area (Å²) >= 11 is 0. The van der Waals surface area contributed by atoms with E-state index in [9.17, 15) is 19.7 Å². The molecule has 7 nitrogen and oxygen atoms in total. The van der Waals surface area contributed by atoms with Crippen LogP contribution in [0.15, 0.2) is 24.3 Å². The van der Waals surface area contributed by atoms with E-state index in [1.165, 1.54) is 19.1 Å². The monoisotopic (exact) mass is 372 g/mol. The summed E-state index contributed by atoms with van der Waals surface area (Å²) in [5, 5.41) is 13.9. The smallest absolute Gasteiger partial charge is 0.312 e. The van der Waals surface area contributed by atoms with Crippen molar-refractivity contribution in [3.05, 3.63) is 39.9 Å². The molecule has 2 atom stereocenters. The fourth-order valence-corrected chi connectivity index (χ4v) is 6.04. The number of benzene rings is 1. The van der Waals surface area contributed by atoms with Gasteiger partial charge in [0.1, 0.15) is 6.61 Å². The average molecular weight is 372 g/mol. The molecule has 4 fully saturated rings. The maximum absolute atomic E-state index is 13.0. The van der Waals surface area contributed by atoms with Gasteiger partial charge in [-0.25, -0.2) is 0 Å². The van der Waals surface area contributed by atoms with Gasteiger partial charge in [0, 0.05) is 24.6 Å². The quantitative estimate of drug-likeness (QED) is 0.486. The molecule has 1 N–H and O–H groups in total. The van der Waals surface area contributed by atoms with Gasteiger partial charge in [0.25, 0.3) is 5.69 Å². The average Bonchev–Trinajstić information content (AvgIpc) is 2.57. The van der Waals surface area contributed by atoms with Crippen molar-refractivity contribution in [2.24, 2.45) is 17.3 Å². The Kier molecular flexibility index (Phi) is 4.20. The van der Waals surface area contributed by atoms with Gasteiger partial charge in [0.2, 0.25) is 5.91 Å². The molecule has 1 amide bonds. The molecule has 0 saturated heterocycles. The van der Waals surface area contributed by atoms with Gasteiger partial charge in [0.15, 0.2) is 0 Å². The first-order valence-corrected chi connectivity index (χ1v) is 9.49. The first-order chi connectivity index (χ1) is 12.8. The van der Waals surface area contributed by atoms with Gasteiger partial charge in [-0.15, -0.1) is 0 Å². The van der Waals surface area contributed by atoms with Gasteiger partial charge in [-0.05, 0) is 68.1 Å². The fourth-order valence-electron chi connectivity index (χ4n) is 6.04. The molecule has 0 aromatic heterocycles. The molecule has 0 radical (unpaired) electrons. The van der Waals surface area contributed by atoms with E-state index in [1.807, 2.05) is 0 Å². The number of hydrogen-bond acceptors (Lipinski definition) is 5. The summed E-state index contributed by atoms with van der Waals surface area (Å²) in [6, 6.07) is 6.06. The molecule has 7 heteroatoms. The lowest BCUT2D eigenvalue weighted by Crippen LogP contribution is -2.64. The highest BCUT2D eigenvalue weighted by Gasteiger charge is 2.61. The van der Waals surface area contributed by atoms with E-state index < -0.39 is 10.3 Å². The Bertz CT molecular complexity index is 774. The van der Waals surface area contributed by atoms with E-state index in [0.717, 1.165) is 37.7 Å². The minimum absolute atomic E-state index is 0.0170. The van der Waals surface area contributed by atoms with Crippen LogP contribution in [0.25, 0.3) is 0 Å². The zero-order valence-corrected chi connectivity index (χ0v) is 15.4. The Labute approximate surface area is 157 Å². The first kappa shape index (κ1) is 17.9. The van der Waals surface area contributed by atoms with Crippen LogP contribution in [-0.2, 0) is 20.9 Å². The number of esters is 1. The molecular formula is C20H24N2O5. The molecule has 4 aliphatic carbocycles. The number of amides is 1. The molecule has 1 aromatic rings. The molecule has 4 bridgehead atoms. The molecule has 4 saturated carbocycles. The zero-order valence-electron chi connectivity index (χ0n) is 15.4. The van der Waals surface area contributed by atoms with Crippen LogP contribution in [-0.4, -0.2) is 22.3 Å². The van der Waals surface area contributed by atoms with Crippen molar-refractivity contribution in [3.8, 4) is 0 Å². The third-order valence-electron chi connectivity index (χ3n) is 6.45. The van der Waals surface area contributed by atoms with Crippen molar-refractivity contribution in [2.75, 3.05) is 0 Å². The number of ether oxygens (including phenoxy) is 1. The Morgan fingerprint density at radius 2 is 1.81 bits per heavy atom. The third kappa shape index (κ3) is 3.31. The number of carbonyl (C=O) groups excluding carboxylic acids is 2. The maximum Gasteiger partial charge on any atom is 0.312 e. The van der Waals surface area contributed by atoms with E-state index in [0.29, 0.717) is 18.3 Å². The topological polar surface area (TPSA) is 98.5 Å². The highest BCUT2D eigenvalue weighted by molar-refractivity contribution is 5.79. The summed E-state index contributed by atoms with van der Waals surface area (Å²) in [5.41, 5.74) is -0.0195. The molecular weight excluding hydrogens is 348 g/mol. The molecule has 0 aliphatic heterocycles. The SMILES string of the molecule is CC(=O)NC12CC3CC(C1)CC(C(=O)OCc1ccc([N+](=O)[O-])cc1)(C3)C2. The first-order valence-electron chi connectivity index (χ1n) is 9.49. The highest BCUT2D eigenvalue weighted by Crippen LogP contribution is 2.62. The van der Waals surface area contributed by atoms with E-state index in [2.05, 4.69) is 5.32 Å². The normalized spacial score (nSPS) is 33.5. The fraction of sp³-hybridized carbons (Fsp3) is 0.600. The highest BCUT2D eigenvalue weighted by atomic mass is 16.6. The van der Waals surface area contributed by atoms with Gasteiger partial charge in [-0.2, -0.15) is 0 Å². The molecule has 5 rings (SSSR count). The van der Waals surface area contributed by atoms with Gasteiger partial charge < -0.3 is 10.1 Å². The number of hydrogen-bond donors (Lipinski definition) is 1. The molecule has 0 spiro atoms. The summed E-state index contributed by atoms with van der Waals surface area (Å²) in [7, 11) is 0. The van der Waals surface area contributed by atoms with Crippen LogP contribution in [0.1, 0.15) is 51.0 Å². The van der Waals surface area contributed by atoms with E-state index in [-0.39, 0.29) is 29.7 Å². The molecule has 0 heterocycles. The predicted molar refractivity (Wildman–Crippen MR) is 96.6 cm³/mol. The number of nitrogens with one attached hydrogen (secondary N) is 1. The van der Waals surface area contributed by atoms with Gasteiger partial charge in [0.05, 0.1) is 10.3 Å². The van der Waals surface area contributed by atoms with Crippen LogP contribution in [0.2, 0.25) is 0 Å². The van der Waals surface area contributed by atoms with Crippen LogP contribution >= 0.6 is 0 Å². The zero-order chi connectivity index (χ0) is 19.2. The van der Waals surface area contributed by atoms with Gasteiger partial charge in [-0.1, -0.05) is 0 Å². The molecule has 1 aromatic carbocycles. The number of carbonyl (C=O) groups is 2. The second kappa shape index (κ2) is 6.32. The van der Waals surface area contributed by atoms with Crippen LogP contribution in [0, 0.1) is 27.4 Å². The molecule has 144 valence electrons.